The first-order valence-corrected chi connectivity index (χ1v) is 11.7. The molecule has 4 rings (SSSR count). The van der Waals surface area contributed by atoms with Gasteiger partial charge in [-0.2, -0.15) is 0 Å². The van der Waals surface area contributed by atoms with Crippen LogP contribution in [0.15, 0.2) is 42.5 Å². The lowest BCUT2D eigenvalue weighted by atomic mass is 9.98. The van der Waals surface area contributed by atoms with Crippen LogP contribution in [0.25, 0.3) is 0 Å². The first-order chi connectivity index (χ1) is 16.6. The van der Waals surface area contributed by atoms with Crippen LogP contribution >= 0.6 is 0 Å². The van der Waals surface area contributed by atoms with Crippen molar-refractivity contribution in [1.82, 2.24) is 15.8 Å². The molecule has 4 amide bonds. The van der Waals surface area contributed by atoms with Crippen LogP contribution in [-0.2, 0) is 14.4 Å². The number of ether oxygens (including phenoxy) is 1. The number of carbonyl (C=O) groups is 4. The molecule has 2 aromatic carbocycles. The second-order valence-corrected chi connectivity index (χ2v) is 9.17. The van der Waals surface area contributed by atoms with Crippen molar-refractivity contribution in [2.75, 3.05) is 11.4 Å². The number of hydrogen-bond donors (Lipinski definition) is 2. The number of anilines is 1. The highest BCUT2D eigenvalue weighted by atomic mass is 16.5. The number of aryl methyl sites for hydroxylation is 1. The molecule has 184 valence electrons. The molecule has 1 fully saturated rings. The Labute approximate surface area is 204 Å². The van der Waals surface area contributed by atoms with Gasteiger partial charge in [-0.15, -0.1) is 0 Å². The Morgan fingerprint density at radius 3 is 2.60 bits per heavy atom. The number of hydrazine groups is 1. The van der Waals surface area contributed by atoms with E-state index in [0.717, 1.165) is 11.1 Å². The second kappa shape index (κ2) is 9.40. The maximum atomic E-state index is 13.2. The Hall–Kier alpha value is -3.88. The van der Waals surface area contributed by atoms with Crippen molar-refractivity contribution < 1.29 is 23.9 Å². The summed E-state index contributed by atoms with van der Waals surface area (Å²) in [5, 5.41) is 0. The van der Waals surface area contributed by atoms with Crippen LogP contribution in [0.2, 0.25) is 0 Å². The molecule has 0 aliphatic carbocycles. The number of nitrogens with zero attached hydrogens (tertiary/aromatic N) is 2. The molecule has 0 radical (unpaired) electrons. The average molecular weight is 479 g/mol. The largest absolute Gasteiger partial charge is 0.481 e. The lowest BCUT2D eigenvalue weighted by molar-refractivity contribution is -0.132. The fourth-order valence-electron chi connectivity index (χ4n) is 4.65. The molecule has 2 aromatic rings. The van der Waals surface area contributed by atoms with Gasteiger partial charge in [-0.25, -0.2) is 0 Å². The van der Waals surface area contributed by atoms with Gasteiger partial charge in [-0.05, 0) is 63.4 Å². The summed E-state index contributed by atoms with van der Waals surface area (Å²) >= 11 is 0. The molecule has 2 heterocycles. The minimum Gasteiger partial charge on any atom is -0.481 e. The summed E-state index contributed by atoms with van der Waals surface area (Å²) in [4.78, 5) is 54.0. The van der Waals surface area contributed by atoms with E-state index in [0.29, 0.717) is 29.8 Å². The predicted molar refractivity (Wildman–Crippen MR) is 130 cm³/mol. The van der Waals surface area contributed by atoms with E-state index in [1.807, 2.05) is 32.9 Å². The summed E-state index contributed by atoms with van der Waals surface area (Å²) in [5.74, 6) is -0.620. The molecule has 1 saturated heterocycles. The second-order valence-electron chi connectivity index (χ2n) is 9.17. The van der Waals surface area contributed by atoms with Crippen molar-refractivity contribution in [3.05, 3.63) is 59.2 Å². The number of nitrogens with one attached hydrogen (secondary N) is 2. The number of rotatable bonds is 6. The smallest absolute Gasteiger partial charge is 0.279 e. The summed E-state index contributed by atoms with van der Waals surface area (Å²) in [6.07, 6.45) is -0.0574. The molecule has 2 aliphatic rings. The molecule has 0 spiro atoms. The third kappa shape index (κ3) is 4.45. The SMILES string of the molecule is Cc1cccc(O[C@@H](C)C(=O)NNC(=O)CCN2C(=O)c3ccccc3N3C(=O)CC[C@@]23C)c1C. The molecule has 0 saturated carbocycles. The molecule has 9 heteroatoms. The van der Waals surface area contributed by atoms with Crippen molar-refractivity contribution in [3.63, 3.8) is 0 Å². The Bertz CT molecular complexity index is 1200. The fourth-order valence-corrected chi connectivity index (χ4v) is 4.65. The minimum absolute atomic E-state index is 0.0436. The Morgan fingerprint density at radius 1 is 1.09 bits per heavy atom. The summed E-state index contributed by atoms with van der Waals surface area (Å²) in [5.41, 5.74) is 6.98. The van der Waals surface area contributed by atoms with Crippen LogP contribution in [0, 0.1) is 13.8 Å². The summed E-state index contributed by atoms with van der Waals surface area (Å²) < 4.78 is 5.74. The zero-order chi connectivity index (χ0) is 25.3. The molecule has 0 unspecified atom stereocenters. The van der Waals surface area contributed by atoms with E-state index in [1.54, 1.807) is 47.1 Å². The van der Waals surface area contributed by atoms with Crippen molar-refractivity contribution in [3.8, 4) is 5.75 Å². The van der Waals surface area contributed by atoms with E-state index in [2.05, 4.69) is 10.9 Å². The molecule has 2 aliphatic heterocycles. The fraction of sp³-hybridized carbons (Fsp3) is 0.385. The molecule has 0 aromatic heterocycles. The van der Waals surface area contributed by atoms with E-state index in [1.165, 1.54) is 0 Å². The lowest BCUT2D eigenvalue weighted by Crippen LogP contribution is -2.62. The monoisotopic (exact) mass is 478 g/mol. The van der Waals surface area contributed by atoms with E-state index in [-0.39, 0.29) is 24.8 Å². The van der Waals surface area contributed by atoms with Gasteiger partial charge in [-0.3, -0.25) is 34.9 Å². The highest BCUT2D eigenvalue weighted by Crippen LogP contribution is 2.43. The zero-order valence-corrected chi connectivity index (χ0v) is 20.4. The molecule has 9 nitrogen and oxygen atoms in total. The number of carbonyl (C=O) groups excluding carboxylic acids is 4. The van der Waals surface area contributed by atoms with E-state index in [9.17, 15) is 19.2 Å². The molecular weight excluding hydrogens is 448 g/mol. The molecule has 0 bridgehead atoms. The minimum atomic E-state index is -0.833. The van der Waals surface area contributed by atoms with Gasteiger partial charge in [0, 0.05) is 19.4 Å². The van der Waals surface area contributed by atoms with Gasteiger partial charge < -0.3 is 9.64 Å². The van der Waals surface area contributed by atoms with E-state index >= 15 is 0 Å². The Balaban J connectivity index is 1.35. The van der Waals surface area contributed by atoms with Gasteiger partial charge in [0.1, 0.15) is 11.4 Å². The standard InChI is InChI=1S/C26H30N4O5/c1-16-8-7-11-21(17(16)2)35-18(3)24(33)28-27-22(31)13-15-29-25(34)19-9-5-6-10-20(19)30-23(32)12-14-26(29,30)4/h5-11,18H,12-15H2,1-4H3,(H,27,31)(H,28,33)/t18-,26-/m0/s1. The van der Waals surface area contributed by atoms with Gasteiger partial charge in [0.25, 0.3) is 11.8 Å². The number of para-hydroxylation sites is 1. The van der Waals surface area contributed by atoms with Crippen molar-refractivity contribution in [2.24, 2.45) is 0 Å². The third-order valence-corrected chi connectivity index (χ3v) is 6.86. The van der Waals surface area contributed by atoms with Gasteiger partial charge in [0.2, 0.25) is 11.8 Å². The Morgan fingerprint density at radius 2 is 1.83 bits per heavy atom. The highest BCUT2D eigenvalue weighted by Gasteiger charge is 2.52. The molecule has 2 N–H and O–H groups in total. The summed E-state index contributed by atoms with van der Waals surface area (Å²) in [6.45, 7) is 7.41. The maximum Gasteiger partial charge on any atom is 0.279 e. The summed E-state index contributed by atoms with van der Waals surface area (Å²) in [6, 6.07) is 12.6. The Kier molecular flexibility index (Phi) is 6.51. The topological polar surface area (TPSA) is 108 Å². The number of hydrogen-bond acceptors (Lipinski definition) is 5. The zero-order valence-electron chi connectivity index (χ0n) is 20.4. The summed E-state index contributed by atoms with van der Waals surface area (Å²) in [7, 11) is 0. The lowest BCUT2D eigenvalue weighted by Gasteiger charge is -2.48. The number of fused-ring (bicyclic) bond motifs is 3. The van der Waals surface area contributed by atoms with Gasteiger partial charge in [0.05, 0.1) is 11.3 Å². The number of amides is 4. The maximum absolute atomic E-state index is 13.2. The van der Waals surface area contributed by atoms with Crippen LogP contribution in [0.4, 0.5) is 5.69 Å². The quantitative estimate of drug-likeness (QED) is 0.621. The predicted octanol–water partition coefficient (Wildman–Crippen LogP) is 2.61. The van der Waals surface area contributed by atoms with Crippen molar-refractivity contribution in [1.29, 1.82) is 0 Å². The van der Waals surface area contributed by atoms with Crippen molar-refractivity contribution >= 4 is 29.3 Å². The first-order valence-electron chi connectivity index (χ1n) is 11.7. The van der Waals surface area contributed by atoms with E-state index in [4.69, 9.17) is 4.74 Å². The normalized spacial score (nSPS) is 19.7. The van der Waals surface area contributed by atoms with Gasteiger partial charge in [0.15, 0.2) is 6.10 Å². The first kappa shape index (κ1) is 24.3. The average Bonchev–Trinajstić information content (AvgIpc) is 3.15. The van der Waals surface area contributed by atoms with Crippen LogP contribution in [0.3, 0.4) is 0 Å². The molecular formula is C26H30N4O5. The van der Waals surface area contributed by atoms with Crippen LogP contribution in [0.1, 0.15) is 54.6 Å². The van der Waals surface area contributed by atoms with Gasteiger partial charge in [-0.1, -0.05) is 24.3 Å². The highest BCUT2D eigenvalue weighted by molar-refractivity contribution is 6.10. The molecule has 35 heavy (non-hydrogen) atoms. The van der Waals surface area contributed by atoms with E-state index < -0.39 is 23.6 Å². The van der Waals surface area contributed by atoms with Gasteiger partial charge >= 0.3 is 0 Å². The van der Waals surface area contributed by atoms with Crippen LogP contribution in [-0.4, -0.2) is 46.8 Å². The molecule has 2 atom stereocenters. The van der Waals surface area contributed by atoms with Crippen LogP contribution in [0.5, 0.6) is 5.75 Å². The number of benzene rings is 2. The van der Waals surface area contributed by atoms with Crippen LogP contribution < -0.4 is 20.5 Å². The van der Waals surface area contributed by atoms with Crippen molar-refractivity contribution in [2.45, 2.75) is 58.7 Å². The third-order valence-electron chi connectivity index (χ3n) is 6.86.